The Balaban J connectivity index is 0.00000162. The third kappa shape index (κ3) is 4.26. The van der Waals surface area contributed by atoms with E-state index >= 15 is 0 Å². The van der Waals surface area contributed by atoms with Crippen LogP contribution in [0.4, 0.5) is 0 Å². The van der Waals surface area contributed by atoms with Gasteiger partial charge in [0.2, 0.25) is 0 Å². The highest BCUT2D eigenvalue weighted by atomic mass is 127. The molecule has 0 aliphatic carbocycles. The maximum atomic E-state index is 12.1. The van der Waals surface area contributed by atoms with Crippen molar-refractivity contribution in [3.63, 3.8) is 0 Å². The molecule has 1 aliphatic heterocycles. The van der Waals surface area contributed by atoms with E-state index in [0.29, 0.717) is 10.6 Å². The Hall–Kier alpha value is -0.0400. The zero-order valence-electron chi connectivity index (χ0n) is 9.71. The second-order valence-electron chi connectivity index (χ2n) is 4.14. The molecule has 3 nitrogen and oxygen atoms in total. The van der Waals surface area contributed by atoms with Gasteiger partial charge in [-0.05, 0) is 60.2 Å². The lowest BCUT2D eigenvalue weighted by Crippen LogP contribution is -2.45. The molecule has 1 aliphatic rings. The molecule has 1 saturated heterocycles. The van der Waals surface area contributed by atoms with Crippen LogP contribution in [0.5, 0.6) is 0 Å². The number of piperidine rings is 1. The first kappa shape index (κ1) is 16.0. The second-order valence-corrected chi connectivity index (χ2v) is 5.74. The van der Waals surface area contributed by atoms with E-state index < -0.39 is 0 Å². The smallest absolute Gasteiger partial charge is 0.252 e. The number of rotatable bonds is 2. The number of carbonyl (C=O) groups excluding carboxylic acids is 1. The molecule has 0 spiro atoms. The molecule has 0 saturated carbocycles. The van der Waals surface area contributed by atoms with Gasteiger partial charge < -0.3 is 10.6 Å². The average Bonchev–Trinajstić information content (AvgIpc) is 2.33. The van der Waals surface area contributed by atoms with Gasteiger partial charge in [-0.2, -0.15) is 0 Å². The van der Waals surface area contributed by atoms with Crippen LogP contribution >= 0.6 is 46.6 Å². The third-order valence-electron chi connectivity index (χ3n) is 2.81. The Morgan fingerprint density at radius 1 is 1.50 bits per heavy atom. The molecule has 2 N–H and O–H groups in total. The maximum Gasteiger partial charge on any atom is 0.252 e. The van der Waals surface area contributed by atoms with Crippen molar-refractivity contribution >= 4 is 52.5 Å². The maximum absolute atomic E-state index is 12.1. The molecule has 1 aromatic rings. The summed E-state index contributed by atoms with van der Waals surface area (Å²) in [7, 11) is 0. The summed E-state index contributed by atoms with van der Waals surface area (Å²) in [5.41, 5.74) is 0.656. The van der Waals surface area contributed by atoms with Crippen molar-refractivity contribution in [2.75, 3.05) is 13.1 Å². The molecule has 1 aromatic carbocycles. The van der Waals surface area contributed by atoms with Crippen molar-refractivity contribution in [3.05, 3.63) is 32.4 Å². The van der Waals surface area contributed by atoms with E-state index in [-0.39, 0.29) is 24.4 Å². The summed E-state index contributed by atoms with van der Waals surface area (Å²) in [5.74, 6) is -0.0365. The summed E-state index contributed by atoms with van der Waals surface area (Å²) in [6, 6.07) is 5.60. The lowest BCUT2D eigenvalue weighted by atomic mass is 10.1. The summed E-state index contributed by atoms with van der Waals surface area (Å²) >= 11 is 8.06. The SMILES string of the molecule is Cl.O=C(N[C@@H]1CCCNC1)c1cc(Cl)ccc1I. The van der Waals surface area contributed by atoms with Gasteiger partial charge in [0.05, 0.1) is 5.56 Å². The molecule has 1 atom stereocenters. The highest BCUT2D eigenvalue weighted by molar-refractivity contribution is 14.1. The molecule has 1 amide bonds. The standard InChI is InChI=1S/C12H14ClIN2O.ClH/c13-8-3-4-11(14)10(6-8)12(17)16-9-2-1-5-15-7-9;/h3-4,6,9,15H,1-2,5,7H2,(H,16,17);1H/t9-;/m1./s1. The van der Waals surface area contributed by atoms with Crippen molar-refractivity contribution in [1.29, 1.82) is 0 Å². The van der Waals surface area contributed by atoms with Crippen molar-refractivity contribution in [1.82, 2.24) is 10.6 Å². The number of carbonyl (C=O) groups is 1. The van der Waals surface area contributed by atoms with Crippen LogP contribution in [0.15, 0.2) is 18.2 Å². The Bertz CT molecular complexity index is 423. The molecular weight excluding hydrogens is 386 g/mol. The first-order chi connectivity index (χ1) is 8.16. The van der Waals surface area contributed by atoms with Gasteiger partial charge in [0, 0.05) is 21.2 Å². The highest BCUT2D eigenvalue weighted by Crippen LogP contribution is 2.18. The van der Waals surface area contributed by atoms with Crippen molar-refractivity contribution < 1.29 is 4.79 Å². The average molecular weight is 401 g/mol. The molecule has 100 valence electrons. The number of nitrogens with one attached hydrogen (secondary N) is 2. The number of halogens is 3. The lowest BCUT2D eigenvalue weighted by molar-refractivity contribution is 0.0930. The summed E-state index contributed by atoms with van der Waals surface area (Å²) < 4.78 is 0.924. The fraction of sp³-hybridized carbons (Fsp3) is 0.417. The third-order valence-corrected chi connectivity index (χ3v) is 3.98. The zero-order chi connectivity index (χ0) is 12.3. The molecule has 0 radical (unpaired) electrons. The van der Waals surface area contributed by atoms with E-state index in [9.17, 15) is 4.79 Å². The first-order valence-electron chi connectivity index (χ1n) is 5.63. The van der Waals surface area contributed by atoms with Gasteiger partial charge in [-0.25, -0.2) is 0 Å². The van der Waals surface area contributed by atoms with Gasteiger partial charge >= 0.3 is 0 Å². The Morgan fingerprint density at radius 2 is 2.28 bits per heavy atom. The van der Waals surface area contributed by atoms with Gasteiger partial charge in [-0.3, -0.25) is 4.79 Å². The van der Waals surface area contributed by atoms with Gasteiger partial charge in [-0.15, -0.1) is 12.4 Å². The zero-order valence-corrected chi connectivity index (χ0v) is 13.4. The summed E-state index contributed by atoms with van der Waals surface area (Å²) in [6.45, 7) is 1.89. The van der Waals surface area contributed by atoms with Crippen LogP contribution in [-0.2, 0) is 0 Å². The van der Waals surface area contributed by atoms with E-state index in [0.717, 1.165) is 29.5 Å². The van der Waals surface area contributed by atoms with Gasteiger partial charge in [0.1, 0.15) is 0 Å². The van der Waals surface area contributed by atoms with Crippen LogP contribution in [0, 0.1) is 3.57 Å². The van der Waals surface area contributed by atoms with Crippen LogP contribution in [0.25, 0.3) is 0 Å². The molecule has 0 unspecified atom stereocenters. The van der Waals surface area contributed by atoms with Crippen molar-refractivity contribution in [2.45, 2.75) is 18.9 Å². The normalized spacial score (nSPS) is 18.9. The highest BCUT2D eigenvalue weighted by Gasteiger charge is 2.17. The largest absolute Gasteiger partial charge is 0.348 e. The molecule has 0 aromatic heterocycles. The van der Waals surface area contributed by atoms with E-state index in [4.69, 9.17) is 11.6 Å². The number of benzene rings is 1. The minimum atomic E-state index is -0.0365. The van der Waals surface area contributed by atoms with E-state index in [1.807, 2.05) is 6.07 Å². The Labute approximate surface area is 132 Å². The first-order valence-corrected chi connectivity index (χ1v) is 7.09. The fourth-order valence-electron chi connectivity index (χ4n) is 1.91. The molecule has 1 fully saturated rings. The monoisotopic (exact) mass is 400 g/mol. The van der Waals surface area contributed by atoms with Crippen LogP contribution in [0.1, 0.15) is 23.2 Å². The lowest BCUT2D eigenvalue weighted by Gasteiger charge is -2.24. The minimum Gasteiger partial charge on any atom is -0.348 e. The van der Waals surface area contributed by atoms with Gasteiger partial charge in [-0.1, -0.05) is 11.6 Å². The molecule has 18 heavy (non-hydrogen) atoms. The molecule has 1 heterocycles. The number of amides is 1. The van der Waals surface area contributed by atoms with Crippen LogP contribution in [0.3, 0.4) is 0 Å². The molecular formula is C12H15Cl2IN2O. The van der Waals surface area contributed by atoms with Crippen LogP contribution in [-0.4, -0.2) is 25.0 Å². The number of hydrogen-bond acceptors (Lipinski definition) is 2. The Morgan fingerprint density at radius 3 is 2.94 bits per heavy atom. The predicted molar refractivity (Wildman–Crippen MR) is 84.8 cm³/mol. The summed E-state index contributed by atoms with van der Waals surface area (Å²) in [4.78, 5) is 12.1. The topological polar surface area (TPSA) is 41.1 Å². The van der Waals surface area contributed by atoms with E-state index in [1.165, 1.54) is 0 Å². The van der Waals surface area contributed by atoms with E-state index in [2.05, 4.69) is 33.2 Å². The quantitative estimate of drug-likeness (QED) is 0.749. The van der Waals surface area contributed by atoms with Crippen molar-refractivity contribution in [2.24, 2.45) is 0 Å². The van der Waals surface area contributed by atoms with Gasteiger partial charge in [0.25, 0.3) is 5.91 Å². The Kier molecular flexibility index (Phi) is 6.70. The second kappa shape index (κ2) is 7.53. The van der Waals surface area contributed by atoms with Crippen LogP contribution in [0.2, 0.25) is 5.02 Å². The van der Waals surface area contributed by atoms with Crippen molar-refractivity contribution in [3.8, 4) is 0 Å². The summed E-state index contributed by atoms with van der Waals surface area (Å²) in [6.07, 6.45) is 2.15. The van der Waals surface area contributed by atoms with Crippen LogP contribution < -0.4 is 10.6 Å². The predicted octanol–water partition coefficient (Wildman–Crippen LogP) is 2.85. The molecule has 6 heteroatoms. The molecule has 0 bridgehead atoms. The van der Waals surface area contributed by atoms with Gasteiger partial charge in [0.15, 0.2) is 0 Å². The number of hydrogen-bond donors (Lipinski definition) is 2. The van der Waals surface area contributed by atoms with E-state index in [1.54, 1.807) is 12.1 Å². The minimum absolute atomic E-state index is 0. The fourth-order valence-corrected chi connectivity index (χ4v) is 2.66. The summed E-state index contributed by atoms with van der Waals surface area (Å²) in [5, 5.41) is 6.91. The molecule has 2 rings (SSSR count).